The predicted octanol–water partition coefficient (Wildman–Crippen LogP) is 3.37. The smallest absolute Gasteiger partial charge is 0.250 e. The van der Waals surface area contributed by atoms with Crippen molar-refractivity contribution in [2.24, 2.45) is 5.73 Å². The van der Waals surface area contributed by atoms with Gasteiger partial charge in [0, 0.05) is 16.2 Å². The molecule has 4 N–H and O–H groups in total. The maximum atomic E-state index is 13.8. The minimum absolute atomic E-state index is 0.0191. The normalized spacial score (nSPS) is 10.3. The number of carbonyl (C=O) groups is 1. The van der Waals surface area contributed by atoms with Gasteiger partial charge in [-0.1, -0.05) is 15.9 Å². The average Bonchev–Trinajstić information content (AvgIpc) is 2.36. The van der Waals surface area contributed by atoms with Gasteiger partial charge in [0.15, 0.2) is 11.6 Å². The molecule has 0 atom stereocenters. The van der Waals surface area contributed by atoms with Crippen molar-refractivity contribution in [1.29, 1.82) is 0 Å². The number of carbonyl (C=O) groups excluding carboxylic acids is 1. The lowest BCUT2D eigenvalue weighted by molar-refractivity contribution is 0.100. The molecule has 20 heavy (non-hydrogen) atoms. The minimum Gasteiger partial charge on any atom is -0.454 e. The van der Waals surface area contributed by atoms with E-state index in [9.17, 15) is 9.18 Å². The molecular formula is C14H12BrFN2O2. The number of amides is 1. The van der Waals surface area contributed by atoms with E-state index >= 15 is 0 Å². The lowest BCUT2D eigenvalue weighted by Gasteiger charge is -2.10. The van der Waals surface area contributed by atoms with Gasteiger partial charge in [0.2, 0.25) is 0 Å². The maximum Gasteiger partial charge on any atom is 0.250 e. The molecule has 0 heterocycles. The van der Waals surface area contributed by atoms with Crippen LogP contribution in [0.4, 0.5) is 10.1 Å². The molecule has 0 saturated carbocycles. The molecule has 0 aliphatic carbocycles. The van der Waals surface area contributed by atoms with Gasteiger partial charge in [0.25, 0.3) is 5.91 Å². The molecule has 0 unspecified atom stereocenters. The van der Waals surface area contributed by atoms with Gasteiger partial charge in [-0.25, -0.2) is 4.39 Å². The third-order valence-electron chi connectivity index (χ3n) is 2.73. The largest absolute Gasteiger partial charge is 0.454 e. The minimum atomic E-state index is -0.737. The summed E-state index contributed by atoms with van der Waals surface area (Å²) in [7, 11) is 0. The Kier molecular flexibility index (Phi) is 3.94. The van der Waals surface area contributed by atoms with Crippen molar-refractivity contribution in [3.8, 4) is 11.5 Å². The lowest BCUT2D eigenvalue weighted by atomic mass is 10.1. The number of anilines is 1. The van der Waals surface area contributed by atoms with Crippen molar-refractivity contribution in [2.45, 2.75) is 6.92 Å². The quantitative estimate of drug-likeness (QED) is 0.842. The monoisotopic (exact) mass is 338 g/mol. The molecule has 0 aliphatic rings. The number of nitrogen functional groups attached to an aromatic ring is 1. The fraction of sp³-hybridized carbons (Fsp3) is 0.0714. The summed E-state index contributed by atoms with van der Waals surface area (Å²) < 4.78 is 20.1. The molecule has 0 fully saturated rings. The van der Waals surface area contributed by atoms with Crippen molar-refractivity contribution < 1.29 is 13.9 Å². The van der Waals surface area contributed by atoms with Gasteiger partial charge in [-0.05, 0) is 36.8 Å². The molecule has 0 aliphatic heterocycles. The number of rotatable bonds is 3. The van der Waals surface area contributed by atoms with Gasteiger partial charge in [-0.15, -0.1) is 0 Å². The summed E-state index contributed by atoms with van der Waals surface area (Å²) in [5, 5.41) is 0. The summed E-state index contributed by atoms with van der Waals surface area (Å²) in [6.45, 7) is 1.88. The number of hydrogen-bond acceptors (Lipinski definition) is 3. The predicted molar refractivity (Wildman–Crippen MR) is 78.3 cm³/mol. The van der Waals surface area contributed by atoms with Crippen molar-refractivity contribution in [3.05, 3.63) is 51.7 Å². The van der Waals surface area contributed by atoms with Crippen molar-refractivity contribution >= 4 is 27.5 Å². The molecule has 0 radical (unpaired) electrons. The second-order valence-electron chi connectivity index (χ2n) is 4.25. The summed E-state index contributed by atoms with van der Waals surface area (Å²) >= 11 is 3.36. The van der Waals surface area contributed by atoms with E-state index in [0.29, 0.717) is 5.75 Å². The highest BCUT2D eigenvalue weighted by atomic mass is 79.9. The first-order chi connectivity index (χ1) is 9.38. The second kappa shape index (κ2) is 5.50. The summed E-state index contributed by atoms with van der Waals surface area (Å²) in [4.78, 5) is 11.2. The summed E-state index contributed by atoms with van der Waals surface area (Å²) in [5.41, 5.74) is 11.6. The van der Waals surface area contributed by atoms with E-state index in [1.54, 1.807) is 18.2 Å². The van der Waals surface area contributed by atoms with E-state index in [0.717, 1.165) is 16.1 Å². The van der Waals surface area contributed by atoms with E-state index in [2.05, 4.69) is 15.9 Å². The van der Waals surface area contributed by atoms with Crippen LogP contribution in [0.1, 0.15) is 15.9 Å². The Labute approximate surface area is 123 Å². The Bertz CT molecular complexity index is 689. The number of halogens is 2. The molecule has 1 amide bonds. The molecule has 0 saturated heterocycles. The Morgan fingerprint density at radius 1 is 1.30 bits per heavy atom. The lowest BCUT2D eigenvalue weighted by Crippen LogP contribution is -2.14. The first-order valence-corrected chi connectivity index (χ1v) is 6.50. The van der Waals surface area contributed by atoms with E-state index < -0.39 is 11.7 Å². The highest BCUT2D eigenvalue weighted by Gasteiger charge is 2.13. The van der Waals surface area contributed by atoms with Crippen molar-refractivity contribution in [2.75, 3.05) is 5.73 Å². The first-order valence-electron chi connectivity index (χ1n) is 5.71. The van der Waals surface area contributed by atoms with Crippen LogP contribution in [0, 0.1) is 12.7 Å². The van der Waals surface area contributed by atoms with Gasteiger partial charge in [-0.2, -0.15) is 0 Å². The molecule has 4 nitrogen and oxygen atoms in total. The van der Waals surface area contributed by atoms with E-state index in [1.165, 1.54) is 6.07 Å². The summed E-state index contributed by atoms with van der Waals surface area (Å²) in [6, 6.07) is 7.42. The third kappa shape index (κ3) is 2.91. The Morgan fingerprint density at radius 2 is 2.00 bits per heavy atom. The standard InChI is InChI=1S/C14H12BrFN2O2/c1-7-4-8(2-3-10(7)15)20-13-5-9(14(18)19)12(17)6-11(13)16/h2-6H,17H2,1H3,(H2,18,19). The molecule has 0 spiro atoms. The molecule has 0 bridgehead atoms. The van der Waals surface area contributed by atoms with Crippen LogP contribution in [0.3, 0.4) is 0 Å². The number of primary amides is 1. The first kappa shape index (κ1) is 14.3. The Balaban J connectivity index is 2.40. The number of benzene rings is 2. The zero-order valence-electron chi connectivity index (χ0n) is 10.6. The van der Waals surface area contributed by atoms with Gasteiger partial charge < -0.3 is 16.2 Å². The van der Waals surface area contributed by atoms with Gasteiger partial charge >= 0.3 is 0 Å². The number of ether oxygens (including phenoxy) is 1. The van der Waals surface area contributed by atoms with Gasteiger partial charge in [-0.3, -0.25) is 4.79 Å². The Hall–Kier alpha value is -2.08. The maximum absolute atomic E-state index is 13.8. The number of aryl methyl sites for hydroxylation is 1. The summed E-state index contributed by atoms with van der Waals surface area (Å²) in [6.07, 6.45) is 0. The zero-order valence-corrected chi connectivity index (χ0v) is 12.2. The van der Waals surface area contributed by atoms with Crippen LogP contribution in [0.15, 0.2) is 34.8 Å². The van der Waals surface area contributed by atoms with E-state index in [1.807, 2.05) is 6.92 Å². The molecule has 2 rings (SSSR count). The topological polar surface area (TPSA) is 78.3 Å². The Morgan fingerprint density at radius 3 is 2.60 bits per heavy atom. The zero-order chi connectivity index (χ0) is 14.9. The van der Waals surface area contributed by atoms with Crippen LogP contribution in [-0.4, -0.2) is 5.91 Å². The molecule has 104 valence electrons. The van der Waals surface area contributed by atoms with Crippen LogP contribution in [0.5, 0.6) is 11.5 Å². The highest BCUT2D eigenvalue weighted by molar-refractivity contribution is 9.10. The second-order valence-corrected chi connectivity index (χ2v) is 5.10. The fourth-order valence-electron chi connectivity index (χ4n) is 1.67. The summed E-state index contributed by atoms with van der Waals surface area (Å²) in [5.74, 6) is -1.05. The molecule has 2 aromatic rings. The van der Waals surface area contributed by atoms with Gasteiger partial charge in [0.1, 0.15) is 5.75 Å². The highest BCUT2D eigenvalue weighted by Crippen LogP contribution is 2.30. The number of nitrogens with two attached hydrogens (primary N) is 2. The van der Waals surface area contributed by atoms with Gasteiger partial charge in [0.05, 0.1) is 5.56 Å². The molecule has 2 aromatic carbocycles. The van der Waals surface area contributed by atoms with Crippen molar-refractivity contribution in [1.82, 2.24) is 0 Å². The SMILES string of the molecule is Cc1cc(Oc2cc(C(N)=O)c(N)cc2F)ccc1Br. The van der Waals surface area contributed by atoms with Crippen LogP contribution in [0.2, 0.25) is 0 Å². The fourth-order valence-corrected chi connectivity index (χ4v) is 1.91. The van der Waals surface area contributed by atoms with Crippen LogP contribution in [-0.2, 0) is 0 Å². The molecule has 6 heteroatoms. The molecule has 0 aromatic heterocycles. The third-order valence-corrected chi connectivity index (χ3v) is 3.62. The van der Waals surface area contributed by atoms with Crippen LogP contribution < -0.4 is 16.2 Å². The average molecular weight is 339 g/mol. The van der Waals surface area contributed by atoms with E-state index in [-0.39, 0.29) is 17.0 Å². The molecular weight excluding hydrogens is 327 g/mol. The van der Waals surface area contributed by atoms with Crippen LogP contribution >= 0.6 is 15.9 Å². The van der Waals surface area contributed by atoms with E-state index in [4.69, 9.17) is 16.2 Å². The number of hydrogen-bond donors (Lipinski definition) is 2. The van der Waals surface area contributed by atoms with Crippen molar-refractivity contribution in [3.63, 3.8) is 0 Å². The van der Waals surface area contributed by atoms with Crippen LogP contribution in [0.25, 0.3) is 0 Å².